The quantitative estimate of drug-likeness (QED) is 0.00963. The second-order valence-electron chi connectivity index (χ2n) is 16.7. The van der Waals surface area contributed by atoms with E-state index >= 15 is 0 Å². The van der Waals surface area contributed by atoms with Crippen molar-refractivity contribution in [1.29, 1.82) is 0 Å². The van der Waals surface area contributed by atoms with Crippen LogP contribution in [-0.2, 0) is 41.8 Å². The van der Waals surface area contributed by atoms with E-state index in [2.05, 4.69) is 11.4 Å². The third-order valence-electron chi connectivity index (χ3n) is 10.8. The molecule has 0 aromatic rings. The van der Waals surface area contributed by atoms with E-state index in [-0.39, 0.29) is 12.8 Å². The normalized spacial score (nSPS) is 22.6. The van der Waals surface area contributed by atoms with Crippen LogP contribution in [0.15, 0.2) is 36.5 Å². The van der Waals surface area contributed by atoms with Gasteiger partial charge in [-0.15, -0.1) is 0 Å². The highest BCUT2D eigenvalue weighted by Gasteiger charge is 2.54. The van der Waals surface area contributed by atoms with Gasteiger partial charge in [0.2, 0.25) is 0 Å². The Bertz CT molecular complexity index is 1400. The van der Waals surface area contributed by atoms with Crippen LogP contribution in [0.3, 0.4) is 0 Å². The minimum atomic E-state index is -5.37. The van der Waals surface area contributed by atoms with E-state index in [0.717, 1.165) is 64.2 Å². The lowest BCUT2D eigenvalue weighted by Crippen LogP contribution is -2.64. The van der Waals surface area contributed by atoms with E-state index in [1.807, 2.05) is 37.3 Å². The molecule has 1 rings (SSSR count). The molecule has 8 N–H and O–H groups in total. The highest BCUT2D eigenvalue weighted by Crippen LogP contribution is 2.49. The second-order valence-corrected chi connectivity index (χ2v) is 19.3. The summed E-state index contributed by atoms with van der Waals surface area (Å²) in [7, 11) is -10.7. The molecule has 0 aromatic heterocycles. The van der Waals surface area contributed by atoms with Crippen molar-refractivity contribution in [1.82, 2.24) is 0 Å². The van der Waals surface area contributed by atoms with Gasteiger partial charge in [0.25, 0.3) is 0 Å². The van der Waals surface area contributed by atoms with Crippen LogP contribution in [0.4, 0.5) is 0 Å². The van der Waals surface area contributed by atoms with Crippen molar-refractivity contribution in [3.63, 3.8) is 0 Å². The fraction of sp³-hybridized carbons (Fsp3) is 0.822. The van der Waals surface area contributed by atoms with Gasteiger partial charge in [-0.1, -0.05) is 159 Å². The standard InChI is InChI=1S/C45H82O17P2/c1-3-5-7-8-9-10-11-12-13-14-15-18-22-25-29-33-39(48)60-37(34-58-38(47)32-28-24-21-19-16-17-20-23-27-31-36(46)30-26-6-4-2)35-59-64(56,57)62-45-42(51)40(49)41(50)44(43(45)52)61-63(53,54)55/h6,20,23,26-27,31,36-37,40-46,49-52H,3-5,7-19,21-22,24-25,28-30,32-35H2,1-2H3,(H,56,57)(H2,53,54,55)/b23-20+,26-6+,31-27+/t36?,37-,40?,41?,42?,43?,44-,45+/m1/s1. The zero-order valence-electron chi connectivity index (χ0n) is 38.3. The number of aliphatic hydroxyl groups is 5. The molecule has 9 atom stereocenters. The number of rotatable bonds is 39. The third kappa shape index (κ3) is 30.5. The number of ether oxygens (including phenoxy) is 2. The molecule has 6 unspecified atom stereocenters. The maximum Gasteiger partial charge on any atom is 0.472 e. The van der Waals surface area contributed by atoms with Crippen molar-refractivity contribution in [2.24, 2.45) is 0 Å². The van der Waals surface area contributed by atoms with E-state index in [9.17, 15) is 49.1 Å². The summed E-state index contributed by atoms with van der Waals surface area (Å²) in [6.45, 7) is 2.88. The van der Waals surface area contributed by atoms with Crippen LogP contribution < -0.4 is 0 Å². The number of hydrogen-bond donors (Lipinski definition) is 8. The van der Waals surface area contributed by atoms with E-state index in [4.69, 9.17) is 28.3 Å². The van der Waals surface area contributed by atoms with Gasteiger partial charge in [-0.3, -0.25) is 23.2 Å². The van der Waals surface area contributed by atoms with Crippen LogP contribution in [0.2, 0.25) is 0 Å². The van der Waals surface area contributed by atoms with Gasteiger partial charge in [0, 0.05) is 12.8 Å². The molecular formula is C45H82O17P2. The maximum atomic E-state index is 13.0. The molecule has 1 aliphatic rings. The number of carbonyl (C=O) groups is 2. The van der Waals surface area contributed by atoms with E-state index in [0.29, 0.717) is 19.3 Å². The zero-order valence-corrected chi connectivity index (χ0v) is 40.1. The monoisotopic (exact) mass is 957 g/mol. The molecule has 0 spiro atoms. The molecule has 1 saturated carbocycles. The molecule has 64 heavy (non-hydrogen) atoms. The summed E-state index contributed by atoms with van der Waals surface area (Å²) in [6.07, 6.45) is 20.0. The fourth-order valence-corrected chi connectivity index (χ4v) is 8.66. The number of phosphoric ester groups is 2. The van der Waals surface area contributed by atoms with Crippen molar-refractivity contribution in [3.8, 4) is 0 Å². The van der Waals surface area contributed by atoms with Gasteiger partial charge in [-0.05, 0) is 38.5 Å². The summed E-state index contributed by atoms with van der Waals surface area (Å²) < 4.78 is 49.3. The van der Waals surface area contributed by atoms with Crippen molar-refractivity contribution in [3.05, 3.63) is 36.5 Å². The van der Waals surface area contributed by atoms with Gasteiger partial charge >= 0.3 is 27.6 Å². The lowest BCUT2D eigenvalue weighted by atomic mass is 9.85. The summed E-state index contributed by atoms with van der Waals surface area (Å²) in [4.78, 5) is 54.2. The first-order valence-electron chi connectivity index (χ1n) is 23.6. The van der Waals surface area contributed by atoms with Crippen LogP contribution in [-0.4, -0.2) is 114 Å². The Hall–Kier alpha value is -1.82. The average Bonchev–Trinajstić information content (AvgIpc) is 3.24. The highest BCUT2D eigenvalue weighted by atomic mass is 31.2. The predicted octanol–water partition coefficient (Wildman–Crippen LogP) is 7.70. The largest absolute Gasteiger partial charge is 0.472 e. The van der Waals surface area contributed by atoms with Gasteiger partial charge in [0.05, 0.1) is 12.7 Å². The number of aliphatic hydroxyl groups excluding tert-OH is 5. The first kappa shape index (κ1) is 60.2. The van der Waals surface area contributed by atoms with Gasteiger partial charge in [0.1, 0.15) is 43.2 Å². The van der Waals surface area contributed by atoms with Gasteiger partial charge in [0.15, 0.2) is 6.10 Å². The van der Waals surface area contributed by atoms with Crippen LogP contribution in [0.25, 0.3) is 0 Å². The molecule has 0 bridgehead atoms. The molecule has 0 amide bonds. The first-order valence-corrected chi connectivity index (χ1v) is 26.7. The summed E-state index contributed by atoms with van der Waals surface area (Å²) in [5.41, 5.74) is 0. The Morgan fingerprint density at radius 1 is 0.578 bits per heavy atom. The Labute approximate surface area is 381 Å². The summed E-state index contributed by atoms with van der Waals surface area (Å²) in [5.74, 6) is -1.25. The molecule has 0 radical (unpaired) electrons. The van der Waals surface area contributed by atoms with E-state index in [1.165, 1.54) is 64.2 Å². The molecule has 19 heteroatoms. The summed E-state index contributed by atoms with van der Waals surface area (Å²) in [5, 5.41) is 51.1. The predicted molar refractivity (Wildman–Crippen MR) is 243 cm³/mol. The van der Waals surface area contributed by atoms with E-state index in [1.54, 1.807) is 6.08 Å². The van der Waals surface area contributed by atoms with Crippen molar-refractivity contribution >= 4 is 27.6 Å². The zero-order chi connectivity index (χ0) is 47.6. The Balaban J connectivity index is 2.61. The van der Waals surface area contributed by atoms with Crippen molar-refractivity contribution < 1.29 is 82.0 Å². The second kappa shape index (κ2) is 36.3. The molecule has 0 saturated heterocycles. The molecule has 374 valence electrons. The molecular weight excluding hydrogens is 874 g/mol. The van der Waals surface area contributed by atoms with Crippen molar-refractivity contribution in [2.75, 3.05) is 13.2 Å². The molecule has 0 aliphatic heterocycles. The van der Waals surface area contributed by atoms with Crippen LogP contribution in [0.5, 0.6) is 0 Å². The number of esters is 2. The number of carbonyl (C=O) groups excluding carboxylic acids is 2. The number of hydrogen-bond acceptors (Lipinski definition) is 14. The lowest BCUT2D eigenvalue weighted by Gasteiger charge is -2.43. The minimum absolute atomic E-state index is 0.0319. The SMILES string of the molecule is CC/C=C/CC(O)/C=C/C=C/CCCCCCCC(=O)OC[C@H](COP(=O)(O)O[C@H]1C(O)C(O)C(O)[C@@H](OP(=O)(O)O)C1O)OC(=O)CCCCCCCCCCCCCCCCC. The van der Waals surface area contributed by atoms with Crippen LogP contribution >= 0.6 is 15.6 Å². The smallest absolute Gasteiger partial charge is 0.462 e. The minimum Gasteiger partial charge on any atom is -0.462 e. The molecule has 1 fully saturated rings. The van der Waals surface area contributed by atoms with Gasteiger partial charge in [-0.2, -0.15) is 0 Å². The molecule has 17 nitrogen and oxygen atoms in total. The van der Waals surface area contributed by atoms with Gasteiger partial charge < -0.3 is 49.7 Å². The van der Waals surface area contributed by atoms with Crippen LogP contribution in [0.1, 0.15) is 174 Å². The molecule has 0 heterocycles. The number of phosphoric acid groups is 2. The Kier molecular flexibility index (Phi) is 34.1. The Morgan fingerprint density at radius 2 is 1.08 bits per heavy atom. The van der Waals surface area contributed by atoms with E-state index < -0.39 is 89.6 Å². The van der Waals surface area contributed by atoms with Gasteiger partial charge in [-0.25, -0.2) is 9.13 Å². The first-order chi connectivity index (χ1) is 30.5. The average molecular weight is 957 g/mol. The summed E-state index contributed by atoms with van der Waals surface area (Å²) >= 11 is 0. The van der Waals surface area contributed by atoms with Crippen LogP contribution in [0, 0.1) is 0 Å². The highest BCUT2D eigenvalue weighted by molar-refractivity contribution is 7.47. The number of allylic oxidation sites excluding steroid dienone is 4. The topological polar surface area (TPSA) is 276 Å². The molecule has 0 aromatic carbocycles. The third-order valence-corrected chi connectivity index (χ3v) is 12.3. The van der Waals surface area contributed by atoms with Crippen molar-refractivity contribution in [2.45, 2.75) is 223 Å². The fourth-order valence-electron chi connectivity index (χ4n) is 7.12. The number of unbranched alkanes of at least 4 members (excludes halogenated alkanes) is 19. The Morgan fingerprint density at radius 3 is 1.61 bits per heavy atom. The maximum absolute atomic E-state index is 13.0. The summed E-state index contributed by atoms with van der Waals surface area (Å²) in [6, 6.07) is 0. The molecule has 1 aliphatic carbocycles. The lowest BCUT2D eigenvalue weighted by molar-refractivity contribution is -0.216.